The van der Waals surface area contributed by atoms with E-state index < -0.39 is 162 Å². The van der Waals surface area contributed by atoms with Crippen molar-refractivity contribution in [3.63, 3.8) is 0 Å². The number of rotatable bonds is 28. The van der Waals surface area contributed by atoms with Gasteiger partial charge in [0.2, 0.25) is 26.7 Å². The average Bonchev–Trinajstić information content (AvgIpc) is 2.70. The molecule has 2 saturated carbocycles. The van der Waals surface area contributed by atoms with Crippen LogP contribution in [0.3, 0.4) is 0 Å². The summed E-state index contributed by atoms with van der Waals surface area (Å²) in [5.41, 5.74) is -0.885. The summed E-state index contributed by atoms with van der Waals surface area (Å²) in [7, 11) is -10.6. The van der Waals surface area contributed by atoms with E-state index in [1.807, 2.05) is 0 Å². The molecule has 464 valence electrons. The molecule has 0 bridgehead atoms. The second-order valence-electron chi connectivity index (χ2n) is 21.6. The Balaban J connectivity index is 0.00000528. The fourth-order valence-corrected chi connectivity index (χ4v) is 11.7. The zero-order valence-corrected chi connectivity index (χ0v) is 56.3. The Morgan fingerprint density at radius 1 is 0.837 bits per heavy atom. The molecule has 0 radical (unpaired) electrons. The number of hydrogen-bond acceptors (Lipinski definition) is 27. The molecule has 7 N–H and O–H groups in total. The molecule has 1 aromatic carbocycles. The molecule has 4 heterocycles. The number of amides is 2. The molecule has 15 atom stereocenters. The predicted octanol–water partition coefficient (Wildman–Crippen LogP) is -11.7. The summed E-state index contributed by atoms with van der Waals surface area (Å²) in [6.07, 6.45) is -12.4. The van der Waals surface area contributed by atoms with E-state index in [2.05, 4.69) is 39.6 Å². The molecule has 0 spiro atoms. The van der Waals surface area contributed by atoms with Crippen molar-refractivity contribution in [3.8, 4) is 11.3 Å². The Hall–Kier alpha value is -2.08. The van der Waals surface area contributed by atoms with Gasteiger partial charge < -0.3 is 78.9 Å². The third-order valence-corrected chi connectivity index (χ3v) is 16.4. The summed E-state index contributed by atoms with van der Waals surface area (Å²) in [4.78, 5) is 53.7. The number of aliphatic hydroxyl groups is 5. The zero-order chi connectivity index (χ0) is 60.4. The van der Waals surface area contributed by atoms with Crippen molar-refractivity contribution in [2.75, 3.05) is 26.4 Å². The first-order chi connectivity index (χ1) is 39.3. The van der Waals surface area contributed by atoms with Crippen molar-refractivity contribution in [1.82, 2.24) is 40.6 Å². The van der Waals surface area contributed by atoms with Gasteiger partial charge in [0, 0.05) is 36.8 Å². The number of carboxylic acids is 1. The van der Waals surface area contributed by atoms with Crippen molar-refractivity contribution in [2.24, 2.45) is 17.3 Å². The maximum absolute atomic E-state index is 14.6. The number of hydrogen-bond donors (Lipinski definition) is 7. The SMILES string of the molecule is CCC(COS(=O)(=O)[O-])(COS(=O)(=O)[O-])Cn1cc(C(=O)NCCCC(=O)C2CC(n3cc(-c4ccccc4)nn3)[C@@H](O[C@@H]3OC(C)[C@@H](O)[C@H](O)C3O)[C@H](O[C@@H]3O[C@@H](CO)[C@H](O)C(O[C@@H](CC4CCCCC4)C(=O)[O-])C3NC(C)=O)C2)nn1.[Na+].[Na+].[Na+]. The molecular weight excluding hydrogens is 1210 g/mol. The maximum atomic E-state index is 14.6. The number of nitrogens with one attached hydrogen (secondary N) is 2. The molecule has 4 fully saturated rings. The minimum atomic E-state index is -5.28. The van der Waals surface area contributed by atoms with Gasteiger partial charge in [0.15, 0.2) is 18.3 Å². The van der Waals surface area contributed by atoms with Gasteiger partial charge in [-0.05, 0) is 44.9 Å². The first-order valence-electron chi connectivity index (χ1n) is 27.2. The fourth-order valence-electron chi connectivity index (χ4n) is 10.9. The molecule has 2 aliphatic heterocycles. The summed E-state index contributed by atoms with van der Waals surface area (Å²) >= 11 is 0. The van der Waals surface area contributed by atoms with Crippen LogP contribution >= 0.6 is 0 Å². The van der Waals surface area contributed by atoms with Crippen LogP contribution in [0.15, 0.2) is 42.7 Å². The van der Waals surface area contributed by atoms with Gasteiger partial charge in [0.05, 0.1) is 69.1 Å². The smallest absolute Gasteiger partial charge is 0.726 e. The normalized spacial score (nSPS) is 28.6. The monoisotopic (exact) mass is 1280 g/mol. The third-order valence-electron chi connectivity index (χ3n) is 15.6. The number of ether oxygens (including phenoxy) is 5. The first kappa shape index (κ1) is 76.4. The van der Waals surface area contributed by atoms with E-state index in [1.165, 1.54) is 18.5 Å². The van der Waals surface area contributed by atoms with Gasteiger partial charge in [-0.1, -0.05) is 79.8 Å². The Kier molecular flexibility index (Phi) is 30.7. The molecule has 6 unspecified atom stereocenters. The van der Waals surface area contributed by atoms with Gasteiger partial charge in [0.1, 0.15) is 60.2 Å². The molecule has 4 aliphatic rings. The molecular formula is C50H71N8Na3O23S2. The molecule has 2 aromatic heterocycles. The first-order valence-corrected chi connectivity index (χ1v) is 29.9. The van der Waals surface area contributed by atoms with E-state index in [0.29, 0.717) is 11.3 Å². The number of Topliss-reactive ketones (excluding diaryl/α,β-unsaturated/α-hetero) is 1. The molecule has 7 rings (SSSR count). The third kappa shape index (κ3) is 21.2. The van der Waals surface area contributed by atoms with Crippen molar-refractivity contribution in [1.29, 1.82) is 0 Å². The number of carbonyl (C=O) groups excluding carboxylic acids is 4. The van der Waals surface area contributed by atoms with Gasteiger partial charge in [0.25, 0.3) is 5.91 Å². The second-order valence-corrected chi connectivity index (χ2v) is 23.7. The number of aliphatic carboxylic acids is 1. The van der Waals surface area contributed by atoms with Crippen LogP contribution in [0, 0.1) is 17.3 Å². The van der Waals surface area contributed by atoms with E-state index in [0.717, 1.165) is 49.9 Å². The van der Waals surface area contributed by atoms with Gasteiger partial charge in [-0.25, -0.2) is 21.5 Å². The summed E-state index contributed by atoms with van der Waals surface area (Å²) in [6, 6.07) is 6.34. The molecule has 36 heteroatoms. The van der Waals surface area contributed by atoms with E-state index in [1.54, 1.807) is 36.5 Å². The summed E-state index contributed by atoms with van der Waals surface area (Å²) < 4.78 is 111. The van der Waals surface area contributed by atoms with Gasteiger partial charge in [-0.2, -0.15) is 0 Å². The minimum absolute atomic E-state index is 0. The predicted molar refractivity (Wildman–Crippen MR) is 274 cm³/mol. The van der Waals surface area contributed by atoms with Crippen LogP contribution in [0.4, 0.5) is 0 Å². The van der Waals surface area contributed by atoms with Crippen LogP contribution in [0.5, 0.6) is 0 Å². The standard InChI is InChI=1S/C50H74N8O23S2.3Na/c1-4-50(25-75-82(69,70)71,26-76-83(72,73)74)24-57-21-33(54-55-57)46(66)51-17-11-16-35(61)31-19-34(58-22-32(53-56-58)30-14-9-6-10-15-30)44(81-49-43(65)42(64)40(62)27(2)77-49)36(20-31)79-48-39(52-28(3)60)45(41(63)38(23-59)80-48)78-37(47(67)68)18-29-12-7-5-8-13-29;;;/h6,9-10,14-15,21-22,27,29,31,34,36-45,48-49,59,62-65H,4-5,7-8,11-13,16-20,23-26H2,1-3H3,(H,51,66)(H,52,60)(H,67,68)(H,69,70,71)(H,72,73,74);;;/q;3*+1/p-3/t27?,31?,34?,36-,37+,38+,39?,40-,41+,42+,43?,44-,45?,48-,49+;;;/m1.../s1. The maximum Gasteiger partial charge on any atom is 1.00 e. The van der Waals surface area contributed by atoms with Gasteiger partial charge in [-0.3, -0.25) is 27.4 Å². The summed E-state index contributed by atoms with van der Waals surface area (Å²) in [5, 5.41) is 89.6. The Labute approximate surface area is 563 Å². The van der Waals surface area contributed by atoms with E-state index in [-0.39, 0.29) is 151 Å². The molecule has 2 amide bonds. The van der Waals surface area contributed by atoms with Crippen molar-refractivity contribution in [3.05, 3.63) is 48.4 Å². The number of carboxylic acid groups (broad SMARTS) is 1. The van der Waals surface area contributed by atoms with Crippen LogP contribution in [-0.2, 0) is 73.8 Å². The van der Waals surface area contributed by atoms with Crippen molar-refractivity contribution >= 4 is 44.4 Å². The zero-order valence-electron chi connectivity index (χ0n) is 48.7. The van der Waals surface area contributed by atoms with E-state index in [4.69, 9.17) is 23.7 Å². The van der Waals surface area contributed by atoms with Crippen LogP contribution in [0.1, 0.15) is 108 Å². The van der Waals surface area contributed by atoms with Gasteiger partial charge >= 0.3 is 88.7 Å². The largest absolute Gasteiger partial charge is 1.00 e. The molecule has 2 saturated heterocycles. The van der Waals surface area contributed by atoms with Crippen LogP contribution in [0.25, 0.3) is 11.3 Å². The summed E-state index contributed by atoms with van der Waals surface area (Å²) in [6.45, 7) is 0.786. The number of aliphatic hydroxyl groups excluding tert-OH is 5. The van der Waals surface area contributed by atoms with Crippen LogP contribution < -0.4 is 104 Å². The number of nitrogens with zero attached hydrogens (tertiary/aromatic N) is 6. The van der Waals surface area contributed by atoms with E-state index in [9.17, 15) is 75.8 Å². The molecule has 86 heavy (non-hydrogen) atoms. The Bertz CT molecular complexity index is 2840. The topological polar surface area (TPSA) is 457 Å². The number of benzene rings is 1. The molecule has 3 aromatic rings. The van der Waals surface area contributed by atoms with Crippen molar-refractivity contribution < 1.29 is 196 Å². The number of ketones is 1. The van der Waals surface area contributed by atoms with Crippen LogP contribution in [-0.4, -0.2) is 211 Å². The Morgan fingerprint density at radius 2 is 1.50 bits per heavy atom. The van der Waals surface area contributed by atoms with E-state index >= 15 is 0 Å². The average molecular weight is 1290 g/mol. The number of carbonyl (C=O) groups is 4. The fraction of sp³-hybridized carbons (Fsp3) is 0.720. The summed E-state index contributed by atoms with van der Waals surface area (Å²) in [5.74, 6) is -4.44. The van der Waals surface area contributed by atoms with Crippen LogP contribution in [0.2, 0.25) is 0 Å². The van der Waals surface area contributed by atoms with Gasteiger partial charge in [-0.15, -0.1) is 10.2 Å². The number of aromatic nitrogens is 6. The molecule has 31 nitrogen and oxygen atoms in total. The Morgan fingerprint density at radius 3 is 2.10 bits per heavy atom. The second kappa shape index (κ2) is 34.5. The quantitative estimate of drug-likeness (QED) is 0.0154. The minimum Gasteiger partial charge on any atom is -0.726 e. The molecule has 2 aliphatic carbocycles. The van der Waals surface area contributed by atoms with Crippen molar-refractivity contribution in [2.45, 2.75) is 184 Å².